The monoisotopic (exact) mass is 402 g/mol. The first-order chi connectivity index (χ1) is 14.8. The van der Waals surface area contributed by atoms with E-state index in [0.29, 0.717) is 11.6 Å². The van der Waals surface area contributed by atoms with E-state index in [1.807, 2.05) is 12.1 Å². The van der Waals surface area contributed by atoms with Crippen molar-refractivity contribution in [2.45, 2.75) is 45.1 Å². The number of pyridine rings is 1. The Morgan fingerprint density at radius 1 is 1.07 bits per heavy atom. The predicted molar refractivity (Wildman–Crippen MR) is 115 cm³/mol. The quantitative estimate of drug-likeness (QED) is 0.668. The van der Waals surface area contributed by atoms with E-state index in [2.05, 4.69) is 24.8 Å². The Balaban J connectivity index is 1.24. The normalized spacial score (nSPS) is 17.0. The molecule has 0 amide bonds. The van der Waals surface area contributed by atoms with Crippen molar-refractivity contribution >= 4 is 5.82 Å². The van der Waals surface area contributed by atoms with Crippen LogP contribution in [0.5, 0.6) is 0 Å². The number of aryl methyl sites for hydroxylation is 1. The predicted octanol–water partition coefficient (Wildman–Crippen LogP) is 2.89. The van der Waals surface area contributed by atoms with E-state index in [1.54, 1.807) is 35.7 Å². The van der Waals surface area contributed by atoms with Gasteiger partial charge in [-0.25, -0.2) is 15.0 Å². The fraction of sp³-hybridized carbons (Fsp3) is 0.435. The molecule has 3 aromatic heterocycles. The molecule has 5 rings (SSSR count). The summed E-state index contributed by atoms with van der Waals surface area (Å²) in [5.41, 5.74) is 4.13. The van der Waals surface area contributed by atoms with Gasteiger partial charge in [-0.3, -0.25) is 14.3 Å². The van der Waals surface area contributed by atoms with Crippen LogP contribution in [0, 0.1) is 5.92 Å². The van der Waals surface area contributed by atoms with Gasteiger partial charge >= 0.3 is 0 Å². The molecule has 1 fully saturated rings. The van der Waals surface area contributed by atoms with Gasteiger partial charge in [0.15, 0.2) is 0 Å². The largest absolute Gasteiger partial charge is 0.356 e. The third-order valence-corrected chi connectivity index (χ3v) is 6.31. The molecule has 30 heavy (non-hydrogen) atoms. The lowest BCUT2D eigenvalue weighted by Crippen LogP contribution is -2.37. The zero-order valence-electron chi connectivity index (χ0n) is 17.1. The first-order valence-electron chi connectivity index (χ1n) is 10.8. The van der Waals surface area contributed by atoms with E-state index >= 15 is 0 Å². The summed E-state index contributed by atoms with van der Waals surface area (Å²) in [7, 11) is 0. The van der Waals surface area contributed by atoms with Gasteiger partial charge in [0, 0.05) is 54.9 Å². The summed E-state index contributed by atoms with van der Waals surface area (Å²) in [6.07, 6.45) is 13.6. The van der Waals surface area contributed by atoms with Gasteiger partial charge in [-0.15, -0.1) is 0 Å². The van der Waals surface area contributed by atoms with Crippen LogP contribution in [-0.4, -0.2) is 37.6 Å². The van der Waals surface area contributed by atoms with E-state index in [9.17, 15) is 4.79 Å². The van der Waals surface area contributed by atoms with E-state index in [0.717, 1.165) is 56.7 Å². The van der Waals surface area contributed by atoms with Crippen molar-refractivity contribution in [3.8, 4) is 11.3 Å². The lowest BCUT2D eigenvalue weighted by Gasteiger charge is -2.34. The van der Waals surface area contributed by atoms with Gasteiger partial charge < -0.3 is 4.90 Å². The third kappa shape index (κ3) is 3.84. The minimum Gasteiger partial charge on any atom is -0.356 e. The SMILES string of the molecule is O=c1cc(-c2cccnc2)ncn1CC1CCN(c2ncnc3c2CCCC3)CC1. The summed E-state index contributed by atoms with van der Waals surface area (Å²) < 4.78 is 1.74. The lowest BCUT2D eigenvalue weighted by molar-refractivity contribution is 0.349. The number of fused-ring (bicyclic) bond motifs is 1. The molecule has 0 unspecified atom stereocenters. The van der Waals surface area contributed by atoms with Gasteiger partial charge in [-0.2, -0.15) is 0 Å². The Bertz CT molecular complexity index is 1070. The van der Waals surface area contributed by atoms with Crippen molar-refractivity contribution in [1.82, 2.24) is 24.5 Å². The van der Waals surface area contributed by atoms with Gasteiger partial charge in [-0.1, -0.05) is 0 Å². The average molecular weight is 403 g/mol. The molecular formula is C23H26N6O. The number of hydrogen-bond acceptors (Lipinski definition) is 6. The number of hydrogen-bond donors (Lipinski definition) is 0. The van der Waals surface area contributed by atoms with Gasteiger partial charge in [0.2, 0.25) is 0 Å². The minimum absolute atomic E-state index is 0.00356. The van der Waals surface area contributed by atoms with Crippen molar-refractivity contribution in [2.75, 3.05) is 18.0 Å². The molecular weight excluding hydrogens is 376 g/mol. The Kier molecular flexibility index (Phi) is 5.26. The van der Waals surface area contributed by atoms with Crippen LogP contribution < -0.4 is 10.5 Å². The highest BCUT2D eigenvalue weighted by atomic mass is 16.1. The molecule has 0 spiro atoms. The van der Waals surface area contributed by atoms with Crippen molar-refractivity contribution in [1.29, 1.82) is 0 Å². The van der Waals surface area contributed by atoms with Gasteiger partial charge in [0.1, 0.15) is 12.1 Å². The second-order valence-corrected chi connectivity index (χ2v) is 8.27. The van der Waals surface area contributed by atoms with Crippen LogP contribution in [-0.2, 0) is 19.4 Å². The van der Waals surface area contributed by atoms with Crippen LogP contribution in [0.3, 0.4) is 0 Å². The van der Waals surface area contributed by atoms with E-state index in [4.69, 9.17) is 0 Å². The van der Waals surface area contributed by atoms with Crippen LogP contribution in [0.4, 0.5) is 5.82 Å². The maximum Gasteiger partial charge on any atom is 0.253 e. The molecule has 0 aromatic carbocycles. The van der Waals surface area contributed by atoms with E-state index in [1.165, 1.54) is 24.1 Å². The van der Waals surface area contributed by atoms with Crippen LogP contribution in [0.2, 0.25) is 0 Å². The molecule has 0 atom stereocenters. The Hall–Kier alpha value is -3.09. The molecule has 0 radical (unpaired) electrons. The fourth-order valence-electron chi connectivity index (χ4n) is 4.62. The van der Waals surface area contributed by atoms with Crippen molar-refractivity contribution in [3.05, 3.63) is 64.9 Å². The molecule has 0 bridgehead atoms. The molecule has 0 saturated carbocycles. The molecule has 7 heteroatoms. The van der Waals surface area contributed by atoms with Crippen molar-refractivity contribution in [3.63, 3.8) is 0 Å². The Labute approximate surface area is 175 Å². The van der Waals surface area contributed by atoms with E-state index < -0.39 is 0 Å². The summed E-state index contributed by atoms with van der Waals surface area (Å²) in [5, 5.41) is 0. The summed E-state index contributed by atoms with van der Waals surface area (Å²) in [4.78, 5) is 32.7. The third-order valence-electron chi connectivity index (χ3n) is 6.31. The molecule has 1 saturated heterocycles. The molecule has 1 aliphatic carbocycles. The Morgan fingerprint density at radius 3 is 2.73 bits per heavy atom. The summed E-state index contributed by atoms with van der Waals surface area (Å²) in [5.74, 6) is 1.61. The standard InChI is InChI=1S/C23H26N6O/c30-22-12-21(18-4-3-9-24-13-18)27-16-29(22)14-17-7-10-28(11-8-17)23-19-5-1-2-6-20(19)25-15-26-23/h3-4,9,12-13,15-17H,1-2,5-8,10-11,14H2. The number of aromatic nitrogens is 5. The number of rotatable bonds is 4. The van der Waals surface area contributed by atoms with Crippen LogP contribution >= 0.6 is 0 Å². The maximum atomic E-state index is 12.6. The summed E-state index contributed by atoms with van der Waals surface area (Å²) >= 11 is 0. The highest BCUT2D eigenvalue weighted by Gasteiger charge is 2.25. The molecule has 4 heterocycles. The summed E-state index contributed by atoms with van der Waals surface area (Å²) in [6.45, 7) is 2.67. The molecule has 154 valence electrons. The number of piperidine rings is 1. The van der Waals surface area contributed by atoms with Crippen LogP contribution in [0.25, 0.3) is 11.3 Å². The lowest BCUT2D eigenvalue weighted by atomic mass is 9.93. The zero-order chi connectivity index (χ0) is 20.3. The molecule has 3 aromatic rings. The smallest absolute Gasteiger partial charge is 0.253 e. The van der Waals surface area contributed by atoms with Gasteiger partial charge in [0.25, 0.3) is 5.56 Å². The average Bonchev–Trinajstić information content (AvgIpc) is 2.81. The van der Waals surface area contributed by atoms with Crippen LogP contribution in [0.1, 0.15) is 36.9 Å². The van der Waals surface area contributed by atoms with Crippen molar-refractivity contribution in [2.24, 2.45) is 5.92 Å². The van der Waals surface area contributed by atoms with Gasteiger partial charge in [0.05, 0.1) is 12.0 Å². The van der Waals surface area contributed by atoms with Crippen LogP contribution in [0.15, 0.2) is 48.0 Å². The molecule has 0 N–H and O–H groups in total. The topological polar surface area (TPSA) is 76.8 Å². The molecule has 7 nitrogen and oxygen atoms in total. The Morgan fingerprint density at radius 2 is 1.93 bits per heavy atom. The van der Waals surface area contributed by atoms with Gasteiger partial charge in [-0.05, 0) is 56.6 Å². The fourth-order valence-corrected chi connectivity index (χ4v) is 4.62. The molecule has 2 aliphatic rings. The number of anilines is 1. The number of nitrogens with zero attached hydrogens (tertiary/aromatic N) is 6. The molecule has 1 aliphatic heterocycles. The van der Waals surface area contributed by atoms with E-state index in [-0.39, 0.29) is 5.56 Å². The second kappa shape index (κ2) is 8.34. The highest BCUT2D eigenvalue weighted by Crippen LogP contribution is 2.30. The zero-order valence-corrected chi connectivity index (χ0v) is 17.1. The second-order valence-electron chi connectivity index (χ2n) is 8.27. The first-order valence-corrected chi connectivity index (χ1v) is 10.8. The maximum absolute atomic E-state index is 12.6. The minimum atomic E-state index is -0.00356. The summed E-state index contributed by atoms with van der Waals surface area (Å²) in [6, 6.07) is 5.38. The van der Waals surface area contributed by atoms with Crippen molar-refractivity contribution < 1.29 is 0 Å². The first kappa shape index (κ1) is 18.9. The highest BCUT2D eigenvalue weighted by molar-refractivity contribution is 5.56.